The fraction of sp³-hybridized carbons (Fsp3) is 0.741. The Labute approximate surface area is 395 Å². The predicted molar refractivity (Wildman–Crippen MR) is 274 cm³/mol. The summed E-state index contributed by atoms with van der Waals surface area (Å²) in [5.74, 6) is -0.946. The van der Waals surface area contributed by atoms with Crippen molar-refractivity contribution in [2.24, 2.45) is 0 Å². The van der Waals surface area contributed by atoms with Gasteiger partial charge in [0, 0.05) is 19.3 Å². The SMILES string of the molecule is CC/C=C\C/C=C\C/C=C\C/C=C\CCCCC(=O)OC(COC(=O)CCCCCCC/C=C\C/C=C\CCC)COC(=O)CCCCCCCCCCCCCCCCCCCC. The van der Waals surface area contributed by atoms with Crippen molar-refractivity contribution in [1.82, 2.24) is 0 Å². The lowest BCUT2D eigenvalue weighted by Gasteiger charge is -2.18. The predicted octanol–water partition coefficient (Wildman–Crippen LogP) is 17.8. The average molecular weight is 893 g/mol. The van der Waals surface area contributed by atoms with E-state index in [0.29, 0.717) is 19.3 Å². The van der Waals surface area contributed by atoms with Crippen molar-refractivity contribution in [3.05, 3.63) is 72.9 Å². The van der Waals surface area contributed by atoms with Crippen molar-refractivity contribution in [3.63, 3.8) is 0 Å². The molecule has 64 heavy (non-hydrogen) atoms. The van der Waals surface area contributed by atoms with Crippen LogP contribution in [0.4, 0.5) is 0 Å². The third-order valence-corrected chi connectivity index (χ3v) is 11.4. The molecule has 0 saturated carbocycles. The summed E-state index contributed by atoms with van der Waals surface area (Å²) in [6, 6.07) is 0. The summed E-state index contributed by atoms with van der Waals surface area (Å²) < 4.78 is 16.8. The molecule has 0 fully saturated rings. The van der Waals surface area contributed by atoms with E-state index >= 15 is 0 Å². The van der Waals surface area contributed by atoms with Crippen LogP contribution in [0, 0.1) is 0 Å². The van der Waals surface area contributed by atoms with E-state index in [0.717, 1.165) is 109 Å². The molecule has 0 bridgehead atoms. The van der Waals surface area contributed by atoms with Crippen LogP contribution in [-0.2, 0) is 28.6 Å². The standard InChI is InChI=1S/C58H100O6/c1-4-7-10-13-16-19-22-25-27-28-29-31-33-36-39-42-45-48-51-57(60)63-54-55(53-62-56(59)50-47-44-41-38-35-32-24-21-18-15-12-9-6-3)64-58(61)52-49-46-43-40-37-34-30-26-23-20-17-14-11-8-5-2/h8,11-12,15,17,20-21,24,26,30,37,40,55H,4-7,9-10,13-14,16,18-19,22-23,25,27-29,31-36,38-39,41-54H2,1-3H3/b11-8-,15-12-,20-17-,24-21-,30-26-,40-37-. The van der Waals surface area contributed by atoms with Crippen molar-refractivity contribution in [3.8, 4) is 0 Å². The van der Waals surface area contributed by atoms with E-state index in [1.807, 2.05) is 0 Å². The molecule has 0 rings (SSSR count). The van der Waals surface area contributed by atoms with Gasteiger partial charge < -0.3 is 14.2 Å². The third-order valence-electron chi connectivity index (χ3n) is 11.4. The van der Waals surface area contributed by atoms with Crippen LogP contribution >= 0.6 is 0 Å². The maximum Gasteiger partial charge on any atom is 0.306 e. The Morgan fingerprint density at radius 2 is 0.641 bits per heavy atom. The molecule has 0 aromatic heterocycles. The van der Waals surface area contributed by atoms with Crippen molar-refractivity contribution in [1.29, 1.82) is 0 Å². The second-order valence-corrected chi connectivity index (χ2v) is 17.8. The molecule has 0 saturated heterocycles. The Bertz CT molecular complexity index is 1210. The van der Waals surface area contributed by atoms with Crippen LogP contribution < -0.4 is 0 Å². The first kappa shape index (κ1) is 60.9. The van der Waals surface area contributed by atoms with Crippen LogP contribution in [0.1, 0.15) is 258 Å². The number of unbranched alkanes of at least 4 members (excludes halogenated alkanes) is 25. The van der Waals surface area contributed by atoms with Gasteiger partial charge in [-0.3, -0.25) is 14.4 Å². The zero-order valence-electron chi connectivity index (χ0n) is 42.0. The molecular weight excluding hydrogens is 793 g/mol. The van der Waals surface area contributed by atoms with Crippen molar-refractivity contribution < 1.29 is 28.6 Å². The molecule has 1 unspecified atom stereocenters. The van der Waals surface area contributed by atoms with E-state index in [1.165, 1.54) is 103 Å². The molecule has 0 amide bonds. The van der Waals surface area contributed by atoms with Crippen molar-refractivity contribution in [2.45, 2.75) is 264 Å². The Morgan fingerprint density at radius 3 is 1.05 bits per heavy atom. The number of carbonyl (C=O) groups is 3. The Kier molecular flexibility index (Phi) is 49.9. The van der Waals surface area contributed by atoms with Crippen LogP contribution in [0.2, 0.25) is 0 Å². The number of esters is 3. The van der Waals surface area contributed by atoms with Gasteiger partial charge in [0.1, 0.15) is 13.2 Å². The van der Waals surface area contributed by atoms with Gasteiger partial charge in [0.15, 0.2) is 6.10 Å². The average Bonchev–Trinajstić information content (AvgIpc) is 3.29. The van der Waals surface area contributed by atoms with Gasteiger partial charge in [-0.25, -0.2) is 0 Å². The normalized spacial score (nSPS) is 12.6. The summed E-state index contributed by atoms with van der Waals surface area (Å²) in [6.07, 6.45) is 66.1. The lowest BCUT2D eigenvalue weighted by Crippen LogP contribution is -2.30. The van der Waals surface area contributed by atoms with Gasteiger partial charge in [-0.1, -0.05) is 229 Å². The molecule has 0 aliphatic rings. The molecule has 0 spiro atoms. The topological polar surface area (TPSA) is 78.9 Å². The molecule has 0 N–H and O–H groups in total. The minimum absolute atomic E-state index is 0.0949. The highest BCUT2D eigenvalue weighted by Crippen LogP contribution is 2.16. The van der Waals surface area contributed by atoms with Gasteiger partial charge in [-0.2, -0.15) is 0 Å². The van der Waals surface area contributed by atoms with E-state index in [-0.39, 0.29) is 37.5 Å². The largest absolute Gasteiger partial charge is 0.462 e. The van der Waals surface area contributed by atoms with Gasteiger partial charge in [0.05, 0.1) is 0 Å². The van der Waals surface area contributed by atoms with E-state index in [4.69, 9.17) is 14.2 Å². The van der Waals surface area contributed by atoms with Crippen LogP contribution in [0.15, 0.2) is 72.9 Å². The summed E-state index contributed by atoms with van der Waals surface area (Å²) in [5, 5.41) is 0. The first-order valence-electron chi connectivity index (χ1n) is 26.9. The van der Waals surface area contributed by atoms with E-state index in [2.05, 4.69) is 93.7 Å². The van der Waals surface area contributed by atoms with E-state index in [1.54, 1.807) is 0 Å². The highest BCUT2D eigenvalue weighted by molar-refractivity contribution is 5.71. The number of allylic oxidation sites excluding steroid dienone is 12. The van der Waals surface area contributed by atoms with E-state index in [9.17, 15) is 14.4 Å². The maximum absolute atomic E-state index is 12.8. The lowest BCUT2D eigenvalue weighted by atomic mass is 10.0. The molecule has 0 aliphatic carbocycles. The van der Waals surface area contributed by atoms with Gasteiger partial charge in [-0.15, -0.1) is 0 Å². The third kappa shape index (κ3) is 49.9. The molecule has 1 atom stereocenters. The molecular formula is C58H100O6. The number of carbonyl (C=O) groups excluding carboxylic acids is 3. The number of hydrogen-bond acceptors (Lipinski definition) is 6. The molecule has 0 heterocycles. The molecule has 0 aliphatic heterocycles. The highest BCUT2D eigenvalue weighted by atomic mass is 16.6. The number of ether oxygens (including phenoxy) is 3. The van der Waals surface area contributed by atoms with Crippen LogP contribution in [0.3, 0.4) is 0 Å². The summed E-state index contributed by atoms with van der Waals surface area (Å²) in [7, 11) is 0. The molecule has 0 aromatic rings. The van der Waals surface area contributed by atoms with Gasteiger partial charge in [0.2, 0.25) is 0 Å². The fourth-order valence-electron chi connectivity index (χ4n) is 7.41. The van der Waals surface area contributed by atoms with Crippen LogP contribution in [-0.4, -0.2) is 37.2 Å². The minimum atomic E-state index is -0.801. The first-order chi connectivity index (χ1) is 31.5. The minimum Gasteiger partial charge on any atom is -0.462 e. The lowest BCUT2D eigenvalue weighted by molar-refractivity contribution is -0.167. The maximum atomic E-state index is 12.8. The second kappa shape index (κ2) is 52.5. The first-order valence-corrected chi connectivity index (χ1v) is 26.9. The quantitative estimate of drug-likeness (QED) is 0.0262. The molecule has 0 aromatic carbocycles. The highest BCUT2D eigenvalue weighted by Gasteiger charge is 2.19. The monoisotopic (exact) mass is 893 g/mol. The Hall–Kier alpha value is -3.15. The summed E-state index contributed by atoms with van der Waals surface area (Å²) >= 11 is 0. The molecule has 6 heteroatoms. The van der Waals surface area contributed by atoms with Crippen molar-refractivity contribution >= 4 is 17.9 Å². The number of hydrogen-bond donors (Lipinski definition) is 0. The summed E-state index contributed by atoms with van der Waals surface area (Å²) in [4.78, 5) is 38.0. The van der Waals surface area contributed by atoms with Gasteiger partial charge in [-0.05, 0) is 83.5 Å². The van der Waals surface area contributed by atoms with Crippen molar-refractivity contribution in [2.75, 3.05) is 13.2 Å². The Morgan fingerprint density at radius 1 is 0.328 bits per heavy atom. The second-order valence-electron chi connectivity index (χ2n) is 17.8. The Balaban J connectivity index is 4.41. The van der Waals surface area contributed by atoms with Crippen LogP contribution in [0.25, 0.3) is 0 Å². The molecule has 0 radical (unpaired) electrons. The van der Waals surface area contributed by atoms with E-state index < -0.39 is 6.10 Å². The molecule has 6 nitrogen and oxygen atoms in total. The fourth-order valence-corrected chi connectivity index (χ4v) is 7.41. The number of rotatable bonds is 48. The summed E-state index contributed by atoms with van der Waals surface area (Å²) in [5.41, 5.74) is 0. The van der Waals surface area contributed by atoms with Gasteiger partial charge >= 0.3 is 17.9 Å². The summed E-state index contributed by atoms with van der Waals surface area (Å²) in [6.45, 7) is 6.43. The van der Waals surface area contributed by atoms with Gasteiger partial charge in [0.25, 0.3) is 0 Å². The smallest absolute Gasteiger partial charge is 0.306 e. The molecule has 368 valence electrons. The zero-order chi connectivity index (χ0) is 46.5. The zero-order valence-corrected chi connectivity index (χ0v) is 42.0. The van der Waals surface area contributed by atoms with Crippen LogP contribution in [0.5, 0.6) is 0 Å².